The van der Waals surface area contributed by atoms with Gasteiger partial charge in [-0.25, -0.2) is 0 Å². The number of fused-ring (bicyclic) bond motifs is 1. The number of hydrogen-bond acceptors (Lipinski definition) is 3. The molecule has 0 spiro atoms. The first-order valence-corrected chi connectivity index (χ1v) is 8.38. The maximum Gasteiger partial charge on any atom is 0.115 e. The third-order valence-electron chi connectivity index (χ3n) is 5.08. The largest absolute Gasteiger partial charge is 0.508 e. The van der Waals surface area contributed by atoms with E-state index in [0.717, 1.165) is 25.4 Å². The quantitative estimate of drug-likeness (QED) is 0.874. The van der Waals surface area contributed by atoms with Crippen molar-refractivity contribution in [3.8, 4) is 5.75 Å². The monoisotopic (exact) mass is 289 g/mol. The van der Waals surface area contributed by atoms with Gasteiger partial charge in [0.1, 0.15) is 5.75 Å². The van der Waals surface area contributed by atoms with Crippen LogP contribution in [0.1, 0.15) is 44.6 Å². The van der Waals surface area contributed by atoms with E-state index in [-0.39, 0.29) is 0 Å². The second kappa shape index (κ2) is 6.80. The molecule has 0 unspecified atom stereocenters. The maximum atomic E-state index is 9.31. The molecule has 4 atom stereocenters. The lowest BCUT2D eigenvalue weighted by molar-refractivity contribution is 0.0513. The highest BCUT2D eigenvalue weighted by atomic mass is 16.5. The van der Waals surface area contributed by atoms with Crippen LogP contribution in [0, 0.1) is 5.92 Å². The molecule has 1 aromatic carbocycles. The molecular weight excluding hydrogens is 262 g/mol. The molecule has 2 fully saturated rings. The number of aryl methyl sites for hydroxylation is 1. The number of ether oxygens (including phenoxy) is 1. The van der Waals surface area contributed by atoms with E-state index in [1.807, 2.05) is 12.1 Å². The van der Waals surface area contributed by atoms with E-state index in [9.17, 15) is 5.11 Å². The Labute approximate surface area is 127 Å². The summed E-state index contributed by atoms with van der Waals surface area (Å²) in [5, 5.41) is 13.2. The standard InChI is InChI=1S/C18H27NO2/c1-13(5-6-14-7-9-15(20)10-8-14)19-17-3-2-4-18-16(17)11-12-21-18/h7-10,13,16-20H,2-6,11-12H2,1H3/t13-,16+,17-,18+/m1/s1. The van der Waals surface area contributed by atoms with Gasteiger partial charge in [-0.05, 0) is 63.1 Å². The number of aromatic hydroxyl groups is 1. The molecule has 116 valence electrons. The summed E-state index contributed by atoms with van der Waals surface area (Å²) in [6, 6.07) is 8.75. The zero-order chi connectivity index (χ0) is 14.7. The molecule has 0 bridgehead atoms. The normalized spacial score (nSPS) is 30.0. The van der Waals surface area contributed by atoms with Crippen LogP contribution in [-0.2, 0) is 11.2 Å². The van der Waals surface area contributed by atoms with Crippen molar-refractivity contribution in [1.29, 1.82) is 0 Å². The summed E-state index contributed by atoms with van der Waals surface area (Å²) >= 11 is 0. The minimum absolute atomic E-state index is 0.347. The molecule has 3 heteroatoms. The smallest absolute Gasteiger partial charge is 0.115 e. The summed E-state index contributed by atoms with van der Waals surface area (Å²) in [7, 11) is 0. The predicted molar refractivity (Wildman–Crippen MR) is 84.5 cm³/mol. The second-order valence-corrected chi connectivity index (χ2v) is 6.67. The summed E-state index contributed by atoms with van der Waals surface area (Å²) < 4.78 is 5.85. The maximum absolute atomic E-state index is 9.31. The molecule has 1 saturated heterocycles. The van der Waals surface area contributed by atoms with Crippen LogP contribution in [0.25, 0.3) is 0 Å². The Kier molecular flexibility index (Phi) is 4.81. The topological polar surface area (TPSA) is 41.5 Å². The highest BCUT2D eigenvalue weighted by molar-refractivity contribution is 5.25. The fourth-order valence-corrected chi connectivity index (χ4v) is 3.88. The van der Waals surface area contributed by atoms with Crippen LogP contribution in [0.2, 0.25) is 0 Å². The summed E-state index contributed by atoms with van der Waals surface area (Å²) in [4.78, 5) is 0. The Morgan fingerprint density at radius 2 is 2.05 bits per heavy atom. The van der Waals surface area contributed by atoms with Gasteiger partial charge in [-0.3, -0.25) is 0 Å². The van der Waals surface area contributed by atoms with E-state index in [2.05, 4.69) is 12.2 Å². The van der Waals surface area contributed by atoms with Gasteiger partial charge < -0.3 is 15.2 Å². The zero-order valence-corrected chi connectivity index (χ0v) is 12.9. The van der Waals surface area contributed by atoms with Gasteiger partial charge >= 0.3 is 0 Å². The average Bonchev–Trinajstić information content (AvgIpc) is 2.96. The molecule has 0 aromatic heterocycles. The molecular formula is C18H27NO2. The van der Waals surface area contributed by atoms with Crippen molar-refractivity contribution in [2.75, 3.05) is 6.61 Å². The van der Waals surface area contributed by atoms with Crippen LogP contribution < -0.4 is 5.32 Å². The van der Waals surface area contributed by atoms with Crippen molar-refractivity contribution < 1.29 is 9.84 Å². The Morgan fingerprint density at radius 1 is 1.24 bits per heavy atom. The van der Waals surface area contributed by atoms with Crippen molar-refractivity contribution in [1.82, 2.24) is 5.32 Å². The van der Waals surface area contributed by atoms with Crippen LogP contribution in [0.5, 0.6) is 5.75 Å². The van der Waals surface area contributed by atoms with Crippen LogP contribution >= 0.6 is 0 Å². The fraction of sp³-hybridized carbons (Fsp3) is 0.667. The van der Waals surface area contributed by atoms with Gasteiger partial charge in [0.05, 0.1) is 6.10 Å². The SMILES string of the molecule is C[C@H](CCc1ccc(O)cc1)N[C@@H]1CCC[C@@H]2OCC[C@H]21. The van der Waals surface area contributed by atoms with E-state index < -0.39 is 0 Å². The third-order valence-corrected chi connectivity index (χ3v) is 5.08. The van der Waals surface area contributed by atoms with Crippen LogP contribution in [-0.4, -0.2) is 29.9 Å². The second-order valence-electron chi connectivity index (χ2n) is 6.67. The Balaban J connectivity index is 1.47. The fourth-order valence-electron chi connectivity index (χ4n) is 3.88. The summed E-state index contributed by atoms with van der Waals surface area (Å²) in [6.07, 6.45) is 7.79. The number of benzene rings is 1. The van der Waals surface area contributed by atoms with Crippen molar-refractivity contribution >= 4 is 0 Å². The Bertz CT molecular complexity index is 445. The van der Waals surface area contributed by atoms with Gasteiger partial charge in [-0.2, -0.15) is 0 Å². The minimum atomic E-state index is 0.347. The van der Waals surface area contributed by atoms with Gasteiger partial charge in [-0.15, -0.1) is 0 Å². The molecule has 1 aliphatic heterocycles. The van der Waals surface area contributed by atoms with E-state index in [1.165, 1.54) is 31.2 Å². The molecule has 3 rings (SSSR count). The number of phenols is 1. The van der Waals surface area contributed by atoms with Crippen LogP contribution in [0.4, 0.5) is 0 Å². The number of phenolic OH excluding ortho intramolecular Hbond substituents is 1. The lowest BCUT2D eigenvalue weighted by Gasteiger charge is -2.35. The van der Waals surface area contributed by atoms with Gasteiger partial charge in [0, 0.05) is 24.6 Å². The minimum Gasteiger partial charge on any atom is -0.508 e. The summed E-state index contributed by atoms with van der Waals surface area (Å²) in [6.45, 7) is 3.25. The molecule has 2 aliphatic rings. The average molecular weight is 289 g/mol. The lowest BCUT2D eigenvalue weighted by Crippen LogP contribution is -2.46. The number of hydrogen-bond donors (Lipinski definition) is 2. The van der Waals surface area contributed by atoms with Gasteiger partial charge in [-0.1, -0.05) is 12.1 Å². The molecule has 1 aliphatic carbocycles. The van der Waals surface area contributed by atoms with E-state index >= 15 is 0 Å². The highest BCUT2D eigenvalue weighted by Crippen LogP contribution is 2.34. The Hall–Kier alpha value is -1.06. The highest BCUT2D eigenvalue weighted by Gasteiger charge is 2.37. The van der Waals surface area contributed by atoms with Gasteiger partial charge in [0.25, 0.3) is 0 Å². The van der Waals surface area contributed by atoms with Crippen molar-refractivity contribution in [3.05, 3.63) is 29.8 Å². The first-order valence-electron chi connectivity index (χ1n) is 8.38. The lowest BCUT2D eigenvalue weighted by atomic mass is 9.81. The molecule has 2 N–H and O–H groups in total. The van der Waals surface area contributed by atoms with E-state index in [0.29, 0.717) is 23.9 Å². The first kappa shape index (κ1) is 14.9. The molecule has 0 radical (unpaired) electrons. The third kappa shape index (κ3) is 3.78. The Morgan fingerprint density at radius 3 is 2.86 bits per heavy atom. The van der Waals surface area contributed by atoms with E-state index in [4.69, 9.17) is 4.74 Å². The molecule has 21 heavy (non-hydrogen) atoms. The molecule has 1 saturated carbocycles. The first-order chi connectivity index (χ1) is 10.2. The molecule has 1 aromatic rings. The molecule has 3 nitrogen and oxygen atoms in total. The molecule has 0 amide bonds. The zero-order valence-electron chi connectivity index (χ0n) is 12.9. The van der Waals surface area contributed by atoms with Crippen molar-refractivity contribution in [2.45, 2.75) is 63.6 Å². The van der Waals surface area contributed by atoms with Gasteiger partial charge in [0.2, 0.25) is 0 Å². The summed E-state index contributed by atoms with van der Waals surface area (Å²) in [5.41, 5.74) is 1.30. The van der Waals surface area contributed by atoms with Crippen molar-refractivity contribution in [2.24, 2.45) is 5.92 Å². The number of rotatable bonds is 5. The van der Waals surface area contributed by atoms with Crippen molar-refractivity contribution in [3.63, 3.8) is 0 Å². The van der Waals surface area contributed by atoms with Crippen LogP contribution in [0.15, 0.2) is 24.3 Å². The van der Waals surface area contributed by atoms with Crippen LogP contribution in [0.3, 0.4) is 0 Å². The molecule has 1 heterocycles. The van der Waals surface area contributed by atoms with Gasteiger partial charge in [0.15, 0.2) is 0 Å². The van der Waals surface area contributed by atoms with E-state index in [1.54, 1.807) is 12.1 Å². The number of nitrogens with one attached hydrogen (secondary N) is 1. The predicted octanol–water partition coefficient (Wildman–Crippen LogP) is 3.26. The summed E-state index contributed by atoms with van der Waals surface area (Å²) in [5.74, 6) is 1.08.